The smallest absolute Gasteiger partial charge is 0.227 e. The van der Waals surface area contributed by atoms with E-state index in [1.54, 1.807) is 0 Å². The van der Waals surface area contributed by atoms with Crippen LogP contribution in [0.2, 0.25) is 0 Å². The molecule has 0 radical (unpaired) electrons. The van der Waals surface area contributed by atoms with Gasteiger partial charge in [-0.25, -0.2) is 4.98 Å². The van der Waals surface area contributed by atoms with E-state index in [-0.39, 0.29) is 11.8 Å². The van der Waals surface area contributed by atoms with Crippen molar-refractivity contribution in [2.24, 2.45) is 16.8 Å². The molecule has 1 amide bonds. The second kappa shape index (κ2) is 9.32. The molecular weight excluding hydrogens is 376 g/mol. The van der Waals surface area contributed by atoms with Crippen molar-refractivity contribution in [1.29, 1.82) is 0 Å². The fraction of sp³-hybridized carbons (Fsp3) is 0.522. The third kappa shape index (κ3) is 4.66. The van der Waals surface area contributed by atoms with Crippen molar-refractivity contribution in [3.63, 3.8) is 0 Å². The summed E-state index contributed by atoms with van der Waals surface area (Å²) < 4.78 is 2.21. The van der Waals surface area contributed by atoms with Gasteiger partial charge in [0.2, 0.25) is 5.91 Å². The molecule has 160 valence electrons. The van der Waals surface area contributed by atoms with Crippen LogP contribution in [0.3, 0.4) is 0 Å². The number of imidazole rings is 1. The van der Waals surface area contributed by atoms with Crippen LogP contribution in [0.5, 0.6) is 0 Å². The van der Waals surface area contributed by atoms with Gasteiger partial charge in [0.15, 0.2) is 5.96 Å². The molecule has 7 nitrogen and oxygen atoms in total. The Hall–Kier alpha value is -2.83. The average molecular weight is 409 g/mol. The monoisotopic (exact) mass is 408 g/mol. The van der Waals surface area contributed by atoms with Gasteiger partial charge in [-0.15, -0.1) is 0 Å². The number of carbonyl (C=O) groups is 1. The number of piperidine rings is 1. The molecule has 2 aromatic rings. The highest BCUT2D eigenvalue weighted by molar-refractivity contribution is 5.93. The summed E-state index contributed by atoms with van der Waals surface area (Å²) in [5.74, 6) is 1.85. The van der Waals surface area contributed by atoms with Crippen LogP contribution in [-0.2, 0) is 11.3 Å². The standard InChI is InChI=1S/C23H32N6O/c1-17-9-11-28(15-21(17)29-12-10-25-16-29)23(24-2)26-14-18-5-3-8-20(13-18)27-22(30)19-6-4-7-19/h3,5,8,10,12-13,16-17,19,21H,4,6-7,9,11,14-15H2,1-2H3,(H,24,26)(H,27,30). The van der Waals surface area contributed by atoms with Crippen molar-refractivity contribution in [3.8, 4) is 0 Å². The maximum Gasteiger partial charge on any atom is 0.227 e. The van der Waals surface area contributed by atoms with Gasteiger partial charge in [-0.05, 0) is 42.9 Å². The molecule has 1 aliphatic carbocycles. The lowest BCUT2D eigenvalue weighted by atomic mass is 9.85. The van der Waals surface area contributed by atoms with E-state index in [2.05, 4.69) is 43.1 Å². The molecule has 4 rings (SSSR count). The van der Waals surface area contributed by atoms with Gasteiger partial charge < -0.3 is 20.1 Å². The zero-order valence-electron chi connectivity index (χ0n) is 17.9. The molecule has 1 aliphatic heterocycles. The number of amides is 1. The molecule has 0 spiro atoms. The second-order valence-electron chi connectivity index (χ2n) is 8.51. The predicted octanol–water partition coefficient (Wildman–Crippen LogP) is 3.28. The molecule has 1 saturated heterocycles. The van der Waals surface area contributed by atoms with E-state index in [1.807, 2.05) is 44.0 Å². The first-order valence-electron chi connectivity index (χ1n) is 11.0. The topological polar surface area (TPSA) is 74.6 Å². The number of aromatic nitrogens is 2. The van der Waals surface area contributed by atoms with E-state index in [4.69, 9.17) is 0 Å². The highest BCUT2D eigenvalue weighted by Gasteiger charge is 2.29. The molecule has 1 aromatic carbocycles. The number of hydrogen-bond acceptors (Lipinski definition) is 3. The number of guanidine groups is 1. The molecular formula is C23H32N6O. The van der Waals surface area contributed by atoms with E-state index < -0.39 is 0 Å². The number of hydrogen-bond donors (Lipinski definition) is 2. The number of aliphatic imine (C=N–C) groups is 1. The molecule has 2 atom stereocenters. The van der Waals surface area contributed by atoms with Crippen LogP contribution in [-0.4, -0.2) is 46.5 Å². The summed E-state index contributed by atoms with van der Waals surface area (Å²) >= 11 is 0. The van der Waals surface area contributed by atoms with Gasteiger partial charge in [0.05, 0.1) is 12.4 Å². The summed E-state index contributed by atoms with van der Waals surface area (Å²) in [5, 5.41) is 6.56. The third-order valence-electron chi connectivity index (χ3n) is 6.46. The van der Waals surface area contributed by atoms with Crippen LogP contribution in [0, 0.1) is 11.8 Å². The SMILES string of the molecule is CN=C(NCc1cccc(NC(=O)C2CCC2)c1)N1CCC(C)C(n2ccnc2)C1. The molecule has 7 heteroatoms. The van der Waals surface area contributed by atoms with Crippen LogP contribution in [0.25, 0.3) is 0 Å². The number of likely N-dealkylation sites (tertiary alicyclic amines) is 1. The van der Waals surface area contributed by atoms with Crippen LogP contribution in [0.15, 0.2) is 48.0 Å². The van der Waals surface area contributed by atoms with Crippen molar-refractivity contribution in [2.75, 3.05) is 25.5 Å². The number of carbonyl (C=O) groups excluding carboxylic acids is 1. The number of rotatable bonds is 5. The van der Waals surface area contributed by atoms with Gasteiger partial charge >= 0.3 is 0 Å². The Kier molecular flexibility index (Phi) is 6.35. The van der Waals surface area contributed by atoms with Gasteiger partial charge in [-0.1, -0.05) is 25.5 Å². The van der Waals surface area contributed by atoms with Crippen molar-refractivity contribution in [3.05, 3.63) is 48.5 Å². The van der Waals surface area contributed by atoms with E-state index >= 15 is 0 Å². The highest BCUT2D eigenvalue weighted by atomic mass is 16.1. The summed E-state index contributed by atoms with van der Waals surface area (Å²) in [5.41, 5.74) is 1.99. The Balaban J connectivity index is 1.35. The molecule has 2 unspecified atom stereocenters. The molecule has 2 N–H and O–H groups in total. The first-order chi connectivity index (χ1) is 14.6. The maximum atomic E-state index is 12.2. The average Bonchev–Trinajstić information content (AvgIpc) is 3.23. The van der Waals surface area contributed by atoms with Crippen LogP contribution < -0.4 is 10.6 Å². The molecule has 2 heterocycles. The Morgan fingerprint density at radius 2 is 2.17 bits per heavy atom. The van der Waals surface area contributed by atoms with Crippen LogP contribution in [0.4, 0.5) is 5.69 Å². The van der Waals surface area contributed by atoms with Gasteiger partial charge in [-0.3, -0.25) is 9.79 Å². The van der Waals surface area contributed by atoms with Gasteiger partial charge in [0.25, 0.3) is 0 Å². The van der Waals surface area contributed by atoms with Crippen LogP contribution in [0.1, 0.15) is 44.2 Å². The molecule has 2 fully saturated rings. The molecule has 1 aromatic heterocycles. The Labute approximate surface area is 178 Å². The summed E-state index contributed by atoms with van der Waals surface area (Å²) in [6, 6.07) is 8.46. The molecule has 1 saturated carbocycles. The lowest BCUT2D eigenvalue weighted by molar-refractivity contribution is -0.122. The van der Waals surface area contributed by atoms with Crippen LogP contribution >= 0.6 is 0 Å². The van der Waals surface area contributed by atoms with Gasteiger partial charge in [0.1, 0.15) is 0 Å². The lowest BCUT2D eigenvalue weighted by Gasteiger charge is -2.39. The number of benzene rings is 1. The van der Waals surface area contributed by atoms with Gasteiger partial charge in [-0.2, -0.15) is 0 Å². The Morgan fingerprint density at radius 3 is 2.87 bits per heavy atom. The summed E-state index contributed by atoms with van der Waals surface area (Å²) in [6.07, 6.45) is 10.1. The fourth-order valence-corrected chi connectivity index (χ4v) is 4.28. The Morgan fingerprint density at radius 1 is 1.30 bits per heavy atom. The first-order valence-corrected chi connectivity index (χ1v) is 11.0. The normalized spacial score (nSPS) is 22.5. The minimum atomic E-state index is 0.148. The highest BCUT2D eigenvalue weighted by Crippen LogP contribution is 2.28. The number of nitrogens with one attached hydrogen (secondary N) is 2. The zero-order valence-corrected chi connectivity index (χ0v) is 17.9. The van der Waals surface area contributed by atoms with Crippen molar-refractivity contribution >= 4 is 17.6 Å². The lowest BCUT2D eigenvalue weighted by Crippen LogP contribution is -2.48. The van der Waals surface area contributed by atoms with Gasteiger partial charge in [0, 0.05) is 50.7 Å². The predicted molar refractivity (Wildman–Crippen MR) is 119 cm³/mol. The largest absolute Gasteiger partial charge is 0.352 e. The minimum absolute atomic E-state index is 0.148. The minimum Gasteiger partial charge on any atom is -0.352 e. The van der Waals surface area contributed by atoms with E-state index in [0.29, 0.717) is 18.5 Å². The van der Waals surface area contributed by atoms with E-state index in [1.165, 1.54) is 0 Å². The molecule has 2 aliphatic rings. The second-order valence-corrected chi connectivity index (χ2v) is 8.51. The molecule has 30 heavy (non-hydrogen) atoms. The quantitative estimate of drug-likeness (QED) is 0.588. The summed E-state index contributed by atoms with van der Waals surface area (Å²) in [7, 11) is 1.84. The van der Waals surface area contributed by atoms with Crippen molar-refractivity contribution < 1.29 is 4.79 Å². The third-order valence-corrected chi connectivity index (χ3v) is 6.46. The van der Waals surface area contributed by atoms with E-state index in [0.717, 1.165) is 56.0 Å². The summed E-state index contributed by atoms with van der Waals surface area (Å²) in [4.78, 5) is 23.3. The van der Waals surface area contributed by atoms with Crippen molar-refractivity contribution in [1.82, 2.24) is 19.8 Å². The number of nitrogens with zero attached hydrogens (tertiary/aromatic N) is 4. The Bertz CT molecular complexity index is 874. The zero-order chi connectivity index (χ0) is 20.9. The fourth-order valence-electron chi connectivity index (χ4n) is 4.28. The molecule has 0 bridgehead atoms. The maximum absolute atomic E-state index is 12.2. The first kappa shape index (κ1) is 20.4. The van der Waals surface area contributed by atoms with Crippen molar-refractivity contribution in [2.45, 2.75) is 45.2 Å². The summed E-state index contributed by atoms with van der Waals surface area (Å²) in [6.45, 7) is 4.88. The van der Waals surface area contributed by atoms with E-state index in [9.17, 15) is 4.79 Å². The number of anilines is 1.